The lowest BCUT2D eigenvalue weighted by Gasteiger charge is -2.49. The summed E-state index contributed by atoms with van der Waals surface area (Å²) in [5.74, 6) is 4.76. The average Bonchev–Trinajstić information content (AvgIpc) is 2.78. The van der Waals surface area contributed by atoms with Gasteiger partial charge < -0.3 is 10.2 Å². The molecule has 0 saturated heterocycles. The van der Waals surface area contributed by atoms with E-state index in [2.05, 4.69) is 18.9 Å². The van der Waals surface area contributed by atoms with Crippen molar-refractivity contribution in [2.24, 2.45) is 17.3 Å². The van der Waals surface area contributed by atoms with Crippen molar-refractivity contribution < 1.29 is 10.2 Å². The second-order valence-corrected chi connectivity index (χ2v) is 8.05. The molecule has 2 saturated carbocycles. The molecule has 0 spiro atoms. The van der Waals surface area contributed by atoms with E-state index in [0.717, 1.165) is 32.1 Å². The van der Waals surface area contributed by atoms with E-state index < -0.39 is 5.60 Å². The Hall–Kier alpha value is -1.46. The molecule has 1 aromatic rings. The maximum atomic E-state index is 10.6. The Balaban J connectivity index is 1.70. The summed E-state index contributed by atoms with van der Waals surface area (Å²) in [7, 11) is 0. The van der Waals surface area contributed by atoms with Crippen molar-refractivity contribution in [2.75, 3.05) is 0 Å². The molecule has 22 heavy (non-hydrogen) atoms. The molecule has 4 rings (SSSR count). The Kier molecular flexibility index (Phi) is 2.91. The van der Waals surface area contributed by atoms with Gasteiger partial charge in [0.05, 0.1) is 0 Å². The summed E-state index contributed by atoms with van der Waals surface area (Å²) < 4.78 is 0. The van der Waals surface area contributed by atoms with Crippen LogP contribution in [0.5, 0.6) is 5.75 Å². The van der Waals surface area contributed by atoms with Crippen LogP contribution in [0.3, 0.4) is 0 Å². The summed E-state index contributed by atoms with van der Waals surface area (Å²) in [6.07, 6.45) is 11.6. The second-order valence-electron chi connectivity index (χ2n) is 8.05. The molecule has 2 N–H and O–H groups in total. The van der Waals surface area contributed by atoms with Crippen molar-refractivity contribution in [2.45, 2.75) is 57.0 Å². The number of aryl methyl sites for hydroxylation is 1. The van der Waals surface area contributed by atoms with E-state index in [1.54, 1.807) is 0 Å². The molecule has 0 radical (unpaired) electrons. The van der Waals surface area contributed by atoms with Crippen LogP contribution in [0.1, 0.15) is 56.1 Å². The third-order valence-corrected chi connectivity index (χ3v) is 6.75. The van der Waals surface area contributed by atoms with Gasteiger partial charge in [-0.15, -0.1) is 6.42 Å². The van der Waals surface area contributed by atoms with Crippen molar-refractivity contribution in [3.63, 3.8) is 0 Å². The molecule has 0 aliphatic heterocycles. The highest BCUT2D eigenvalue weighted by Crippen LogP contribution is 2.63. The number of phenols is 1. The quantitative estimate of drug-likeness (QED) is 0.718. The van der Waals surface area contributed by atoms with Crippen LogP contribution < -0.4 is 0 Å². The van der Waals surface area contributed by atoms with E-state index >= 15 is 0 Å². The van der Waals surface area contributed by atoms with Crippen LogP contribution in [0.25, 0.3) is 0 Å². The summed E-state index contributed by atoms with van der Waals surface area (Å²) in [6.45, 7) is 2.33. The number of terminal acetylenes is 1. The first-order chi connectivity index (χ1) is 10.4. The van der Waals surface area contributed by atoms with Crippen LogP contribution >= 0.6 is 0 Å². The first kappa shape index (κ1) is 14.2. The molecule has 3 aliphatic carbocycles. The number of rotatable bonds is 0. The fourth-order valence-corrected chi connectivity index (χ4v) is 5.79. The standard InChI is InChI=1S/C20H24O2/c1-3-20(22)11-18-17-6-4-13-10-14(21)5-7-15(13)16(17)8-9-19(18,2)12-20/h1,5,7,10,16-18,21-22H,4,6,8-9,11-12H2,2H3/t16-,17-,18+,19-,20-/m1/s1. The highest BCUT2D eigenvalue weighted by molar-refractivity contribution is 5.40. The highest BCUT2D eigenvalue weighted by Gasteiger charge is 2.57. The number of hydrogen-bond acceptors (Lipinski definition) is 2. The van der Waals surface area contributed by atoms with Gasteiger partial charge in [0.25, 0.3) is 0 Å². The van der Waals surface area contributed by atoms with Crippen LogP contribution in [0.4, 0.5) is 0 Å². The molecule has 116 valence electrons. The summed E-state index contributed by atoms with van der Waals surface area (Å²) in [4.78, 5) is 0. The zero-order valence-corrected chi connectivity index (χ0v) is 13.2. The first-order valence-electron chi connectivity index (χ1n) is 8.46. The summed E-state index contributed by atoms with van der Waals surface area (Å²) in [5.41, 5.74) is 2.03. The smallest absolute Gasteiger partial charge is 0.126 e. The van der Waals surface area contributed by atoms with E-state index in [0.29, 0.717) is 23.5 Å². The predicted octanol–water partition coefficient (Wildman–Crippen LogP) is 3.61. The molecule has 0 heterocycles. The van der Waals surface area contributed by atoms with Gasteiger partial charge >= 0.3 is 0 Å². The Morgan fingerprint density at radius 1 is 1.32 bits per heavy atom. The van der Waals surface area contributed by atoms with Gasteiger partial charge in [0.1, 0.15) is 11.4 Å². The van der Waals surface area contributed by atoms with E-state index in [1.165, 1.54) is 17.5 Å². The number of fused-ring (bicyclic) bond motifs is 5. The monoisotopic (exact) mass is 296 g/mol. The molecule has 0 unspecified atom stereocenters. The normalized spacial score (nSPS) is 42.9. The SMILES string of the molecule is C#C[C@@]1(O)C[C@H]2[C@@H]3CCc4cc(O)ccc4[C@H]3CC[C@]2(C)C1. The topological polar surface area (TPSA) is 40.5 Å². The molecule has 2 heteroatoms. The Morgan fingerprint density at radius 3 is 2.91 bits per heavy atom. The molecule has 5 atom stereocenters. The number of hydrogen-bond donors (Lipinski definition) is 2. The minimum Gasteiger partial charge on any atom is -0.508 e. The van der Waals surface area contributed by atoms with Crippen molar-refractivity contribution in [1.82, 2.24) is 0 Å². The maximum Gasteiger partial charge on any atom is 0.126 e. The van der Waals surface area contributed by atoms with E-state index in [1.807, 2.05) is 12.1 Å². The van der Waals surface area contributed by atoms with Gasteiger partial charge in [-0.2, -0.15) is 0 Å². The van der Waals surface area contributed by atoms with Gasteiger partial charge in [0, 0.05) is 0 Å². The molecule has 2 nitrogen and oxygen atoms in total. The molecule has 3 aliphatic rings. The fourth-order valence-electron chi connectivity index (χ4n) is 5.79. The second kappa shape index (κ2) is 4.52. The molecule has 0 amide bonds. The maximum absolute atomic E-state index is 10.6. The third-order valence-electron chi connectivity index (χ3n) is 6.75. The van der Waals surface area contributed by atoms with Crippen LogP contribution in [0.2, 0.25) is 0 Å². The lowest BCUT2D eigenvalue weighted by Crippen LogP contribution is -2.39. The molecule has 0 aromatic heterocycles. The van der Waals surface area contributed by atoms with E-state index in [4.69, 9.17) is 6.42 Å². The Bertz CT molecular complexity index is 658. The molecule has 0 bridgehead atoms. The van der Waals surface area contributed by atoms with Crippen molar-refractivity contribution in [3.05, 3.63) is 29.3 Å². The Morgan fingerprint density at radius 2 is 2.14 bits per heavy atom. The lowest BCUT2D eigenvalue weighted by atomic mass is 9.56. The highest BCUT2D eigenvalue weighted by atomic mass is 16.3. The van der Waals surface area contributed by atoms with Crippen LogP contribution in [-0.4, -0.2) is 15.8 Å². The summed E-state index contributed by atoms with van der Waals surface area (Å²) >= 11 is 0. The van der Waals surface area contributed by atoms with Gasteiger partial charge in [-0.25, -0.2) is 0 Å². The number of benzene rings is 1. The summed E-state index contributed by atoms with van der Waals surface area (Å²) in [5, 5.41) is 20.4. The van der Waals surface area contributed by atoms with Crippen molar-refractivity contribution >= 4 is 0 Å². The van der Waals surface area contributed by atoms with Gasteiger partial charge in [-0.3, -0.25) is 0 Å². The zero-order valence-electron chi connectivity index (χ0n) is 13.2. The largest absolute Gasteiger partial charge is 0.508 e. The number of aromatic hydroxyl groups is 1. The third kappa shape index (κ3) is 1.92. The van der Waals surface area contributed by atoms with E-state index in [9.17, 15) is 10.2 Å². The van der Waals surface area contributed by atoms with Crippen LogP contribution in [-0.2, 0) is 6.42 Å². The lowest BCUT2D eigenvalue weighted by molar-refractivity contribution is 0.0589. The fraction of sp³-hybridized carbons (Fsp3) is 0.600. The molecular formula is C20H24O2. The number of phenolic OH excluding ortho intramolecular Hbond substituents is 1. The number of aliphatic hydroxyl groups is 1. The van der Waals surface area contributed by atoms with Gasteiger partial charge in [0.2, 0.25) is 0 Å². The van der Waals surface area contributed by atoms with Crippen molar-refractivity contribution in [3.8, 4) is 18.1 Å². The molecule has 2 fully saturated rings. The average molecular weight is 296 g/mol. The van der Waals surface area contributed by atoms with Gasteiger partial charge in [0.15, 0.2) is 0 Å². The van der Waals surface area contributed by atoms with Crippen molar-refractivity contribution in [1.29, 1.82) is 0 Å². The molecule has 1 aromatic carbocycles. The van der Waals surface area contributed by atoms with Crippen LogP contribution in [0, 0.1) is 29.6 Å². The van der Waals surface area contributed by atoms with E-state index in [-0.39, 0.29) is 5.41 Å². The van der Waals surface area contributed by atoms with Gasteiger partial charge in [-0.1, -0.05) is 18.9 Å². The molecular weight excluding hydrogens is 272 g/mol. The first-order valence-corrected chi connectivity index (χ1v) is 8.46. The minimum atomic E-state index is -0.899. The zero-order chi connectivity index (χ0) is 15.5. The van der Waals surface area contributed by atoms with Crippen LogP contribution in [0.15, 0.2) is 18.2 Å². The predicted molar refractivity (Wildman–Crippen MR) is 86.5 cm³/mol. The Labute approximate surface area is 132 Å². The van der Waals surface area contributed by atoms with Gasteiger partial charge in [-0.05, 0) is 85.0 Å². The minimum absolute atomic E-state index is 0.191. The summed E-state index contributed by atoms with van der Waals surface area (Å²) in [6, 6.07) is 5.87.